The van der Waals surface area contributed by atoms with Crippen LogP contribution in [0.3, 0.4) is 0 Å². The van der Waals surface area contributed by atoms with Gasteiger partial charge in [-0.05, 0) is 38.7 Å². The van der Waals surface area contributed by atoms with E-state index in [2.05, 4.69) is 9.97 Å². The van der Waals surface area contributed by atoms with Crippen LogP contribution in [0.2, 0.25) is 0 Å². The van der Waals surface area contributed by atoms with E-state index in [0.29, 0.717) is 5.52 Å². The first-order valence-electron chi connectivity index (χ1n) is 11.7. The lowest BCUT2D eigenvalue weighted by Gasteiger charge is -2.30. The van der Waals surface area contributed by atoms with Crippen molar-refractivity contribution in [2.45, 2.75) is 63.1 Å². The van der Waals surface area contributed by atoms with Crippen LogP contribution in [0, 0.1) is 11.7 Å². The predicted molar refractivity (Wildman–Crippen MR) is 125 cm³/mol. The van der Waals surface area contributed by atoms with Crippen molar-refractivity contribution in [3.05, 3.63) is 34.5 Å². The van der Waals surface area contributed by atoms with Gasteiger partial charge in [-0.2, -0.15) is 22.5 Å². The molecule has 1 N–H and O–H groups in total. The molecule has 0 aromatic carbocycles. The largest absolute Gasteiger partial charge is 0.472 e. The summed E-state index contributed by atoms with van der Waals surface area (Å²) in [6.07, 6.45) is -3.28. The molecule has 0 atom stereocenters. The fourth-order valence-electron chi connectivity index (χ4n) is 4.64. The summed E-state index contributed by atoms with van der Waals surface area (Å²) in [6.45, 7) is 1.77. The van der Waals surface area contributed by atoms with Crippen LogP contribution in [0.5, 0.6) is 5.88 Å². The highest BCUT2D eigenvalue weighted by Crippen LogP contribution is 2.39. The van der Waals surface area contributed by atoms with Gasteiger partial charge in [0.15, 0.2) is 0 Å². The quantitative estimate of drug-likeness (QED) is 0.357. The molecule has 0 amide bonds. The lowest BCUT2D eigenvalue weighted by molar-refractivity contribution is -0.185. The maximum atomic E-state index is 15.8. The number of nitrogens with zero attached hydrogens (tertiary/aromatic N) is 4. The number of alkyl halides is 3. The fraction of sp³-hybridized carbons (Fsp3) is 0.522. The monoisotopic (exact) mass is 546 g/mol. The Morgan fingerprint density at radius 3 is 2.41 bits per heavy atom. The second-order valence-corrected chi connectivity index (χ2v) is 10.9. The van der Waals surface area contributed by atoms with Gasteiger partial charge in [-0.25, -0.2) is 13.4 Å². The Kier molecular flexibility index (Phi) is 7.34. The van der Waals surface area contributed by atoms with Crippen LogP contribution in [-0.2, 0) is 22.9 Å². The number of hydrogen-bond donors (Lipinski definition) is 1. The van der Waals surface area contributed by atoms with Gasteiger partial charge in [-0.15, -0.1) is 0 Å². The van der Waals surface area contributed by atoms with E-state index in [9.17, 15) is 31.5 Å². The molecule has 1 fully saturated rings. The van der Waals surface area contributed by atoms with Crippen molar-refractivity contribution in [1.82, 2.24) is 19.1 Å². The van der Waals surface area contributed by atoms with Gasteiger partial charge in [0.1, 0.15) is 11.8 Å². The molecule has 0 aliphatic heterocycles. The number of ether oxygens (including phenoxy) is 1. The second kappa shape index (κ2) is 10.0. The lowest BCUT2D eigenvalue weighted by Crippen LogP contribution is -2.32. The second-order valence-electron chi connectivity index (χ2n) is 8.99. The van der Waals surface area contributed by atoms with Crippen LogP contribution in [0.4, 0.5) is 17.6 Å². The van der Waals surface area contributed by atoms with E-state index in [-0.39, 0.29) is 62.0 Å². The van der Waals surface area contributed by atoms with Crippen LogP contribution >= 0.6 is 0 Å². The number of halogens is 4. The molecule has 0 bridgehead atoms. The molecule has 0 saturated heterocycles. The Hall–Kier alpha value is -3.00. The van der Waals surface area contributed by atoms with Gasteiger partial charge in [0, 0.05) is 37.2 Å². The van der Waals surface area contributed by atoms with E-state index in [1.807, 2.05) is 0 Å². The van der Waals surface area contributed by atoms with Crippen LogP contribution in [0.1, 0.15) is 32.6 Å². The number of aromatic nitrogens is 4. The number of hydrogen-bond acceptors (Lipinski definition) is 7. The molecular formula is C23H26F4N4O5S. The first kappa shape index (κ1) is 27.0. The molecule has 202 valence electrons. The van der Waals surface area contributed by atoms with Crippen molar-refractivity contribution in [1.29, 1.82) is 0 Å². The molecule has 0 spiro atoms. The van der Waals surface area contributed by atoms with Crippen molar-refractivity contribution < 1.29 is 35.8 Å². The minimum atomic E-state index is -4.33. The molecule has 9 nitrogen and oxygen atoms in total. The van der Waals surface area contributed by atoms with Gasteiger partial charge in [0.05, 0.1) is 23.6 Å². The van der Waals surface area contributed by atoms with E-state index in [1.54, 1.807) is 11.5 Å². The highest BCUT2D eigenvalue weighted by atomic mass is 32.2. The van der Waals surface area contributed by atoms with Crippen molar-refractivity contribution in [2.24, 2.45) is 5.92 Å². The number of sulfone groups is 1. The highest BCUT2D eigenvalue weighted by Gasteiger charge is 2.42. The molecule has 4 rings (SSSR count). The summed E-state index contributed by atoms with van der Waals surface area (Å²) in [5.41, 5.74) is 0.0190. The predicted octanol–water partition coefficient (Wildman–Crippen LogP) is 3.31. The summed E-state index contributed by atoms with van der Waals surface area (Å²) in [7, 11) is -4.06. The smallest absolute Gasteiger partial charge is 0.391 e. The summed E-state index contributed by atoms with van der Waals surface area (Å²) in [5.74, 6) is -3.27. The fourth-order valence-corrected chi connectivity index (χ4v) is 5.15. The molecule has 14 heteroatoms. The van der Waals surface area contributed by atoms with Gasteiger partial charge < -0.3 is 19.0 Å². The molecule has 37 heavy (non-hydrogen) atoms. The third-order valence-corrected chi connectivity index (χ3v) is 7.32. The number of rotatable bonds is 7. The Morgan fingerprint density at radius 2 is 1.84 bits per heavy atom. The summed E-state index contributed by atoms with van der Waals surface area (Å²) in [6, 6.07) is 2.84. The molecule has 0 radical (unpaired) electrons. The van der Waals surface area contributed by atoms with Crippen LogP contribution in [0.15, 0.2) is 28.3 Å². The van der Waals surface area contributed by atoms with Crippen molar-refractivity contribution >= 4 is 20.9 Å². The van der Waals surface area contributed by atoms with Gasteiger partial charge in [-0.3, -0.25) is 4.79 Å². The molecule has 1 aliphatic carbocycles. The molecule has 3 aromatic heterocycles. The van der Waals surface area contributed by atoms with Crippen molar-refractivity contribution in [3.8, 4) is 17.1 Å². The Morgan fingerprint density at radius 1 is 1.16 bits per heavy atom. The Balaban J connectivity index is 1.85. The van der Waals surface area contributed by atoms with Gasteiger partial charge >= 0.3 is 6.18 Å². The topological polar surface area (TPSA) is 116 Å². The normalized spacial score (nSPS) is 18.9. The number of fused-ring (bicyclic) bond motifs is 1. The average molecular weight is 547 g/mol. The van der Waals surface area contributed by atoms with Crippen molar-refractivity contribution in [2.75, 3.05) is 12.9 Å². The van der Waals surface area contributed by atoms with E-state index in [1.165, 1.54) is 22.9 Å². The number of aliphatic hydroxyl groups is 1. The minimum Gasteiger partial charge on any atom is -0.472 e. The summed E-state index contributed by atoms with van der Waals surface area (Å²) >= 11 is 0. The van der Waals surface area contributed by atoms with Crippen LogP contribution in [-0.4, -0.2) is 57.8 Å². The maximum absolute atomic E-state index is 15.8. The van der Waals surface area contributed by atoms with Crippen molar-refractivity contribution in [3.63, 3.8) is 0 Å². The molecule has 1 aliphatic rings. The van der Waals surface area contributed by atoms with E-state index < -0.39 is 50.6 Å². The summed E-state index contributed by atoms with van der Waals surface area (Å²) in [5, 5.41) is 8.75. The lowest BCUT2D eigenvalue weighted by atomic mass is 9.87. The average Bonchev–Trinajstić information content (AvgIpc) is 3.18. The minimum absolute atomic E-state index is 0.0116. The maximum Gasteiger partial charge on any atom is 0.391 e. The zero-order chi connectivity index (χ0) is 27.1. The number of aryl methyl sites for hydroxylation is 1. The first-order valence-corrected chi connectivity index (χ1v) is 13.6. The van der Waals surface area contributed by atoms with E-state index >= 15 is 4.39 Å². The van der Waals surface area contributed by atoms with Gasteiger partial charge in [0.25, 0.3) is 16.6 Å². The van der Waals surface area contributed by atoms with Gasteiger partial charge in [-0.1, -0.05) is 0 Å². The summed E-state index contributed by atoms with van der Waals surface area (Å²) < 4.78 is 88.2. The summed E-state index contributed by atoms with van der Waals surface area (Å²) in [4.78, 5) is 20.2. The Bertz CT molecular complexity index is 1470. The third-order valence-electron chi connectivity index (χ3n) is 6.47. The van der Waals surface area contributed by atoms with Crippen LogP contribution in [0.25, 0.3) is 22.3 Å². The molecule has 3 aromatic rings. The number of pyridine rings is 1. The number of aliphatic hydroxyl groups excluding tert-OH is 1. The van der Waals surface area contributed by atoms with E-state index in [4.69, 9.17) is 4.74 Å². The molecular weight excluding hydrogens is 520 g/mol. The first-order chi connectivity index (χ1) is 17.3. The highest BCUT2D eigenvalue weighted by molar-refractivity contribution is 7.90. The van der Waals surface area contributed by atoms with E-state index in [0.717, 1.165) is 6.26 Å². The molecule has 3 heterocycles. The Labute approximate surface area is 209 Å². The SMILES string of the molecule is CCn1c(=O)ccc2c1c(-c1nc(S(C)(=O)=O)nc(OC3CCC(C(F)(F)F)CC3)c1F)cn2CCO. The molecule has 1 saturated carbocycles. The van der Waals surface area contributed by atoms with Gasteiger partial charge in [0.2, 0.25) is 15.7 Å². The third kappa shape index (κ3) is 5.35. The standard InChI is InChI=1S/C23H26F4N4O5S/c1-3-31-17(33)9-8-16-20(31)15(12-30(16)10-11-32)19-18(24)21(29-22(28-19)37(2,34)35)36-14-6-4-13(5-7-14)23(25,26)27/h8-9,12-14,32H,3-7,10-11H2,1-2H3. The zero-order valence-corrected chi connectivity index (χ0v) is 20.9. The molecule has 0 unspecified atom stereocenters. The zero-order valence-electron chi connectivity index (χ0n) is 20.1. The van der Waals surface area contributed by atoms with Crippen LogP contribution < -0.4 is 10.3 Å².